The second-order valence-corrected chi connectivity index (χ2v) is 8.67. The second-order valence-electron chi connectivity index (χ2n) is 8.67. The van der Waals surface area contributed by atoms with Crippen LogP contribution in [0.4, 0.5) is 0 Å². The Hall–Kier alpha value is -1.32. The molecular formula is C20H29N3. The molecule has 1 fully saturated rings. The van der Waals surface area contributed by atoms with Gasteiger partial charge in [0.25, 0.3) is 0 Å². The molecule has 2 aromatic rings. The van der Waals surface area contributed by atoms with Crippen molar-refractivity contribution in [1.82, 2.24) is 9.88 Å². The van der Waals surface area contributed by atoms with Gasteiger partial charge in [-0.2, -0.15) is 0 Å². The third kappa shape index (κ3) is 2.25. The molecule has 1 aliphatic heterocycles. The van der Waals surface area contributed by atoms with Crippen LogP contribution in [-0.2, 0) is 11.8 Å². The number of hydrogen-bond donors (Lipinski definition) is 2. The zero-order valence-corrected chi connectivity index (χ0v) is 14.8. The molecule has 0 radical (unpaired) electrons. The number of aromatic amines is 1. The maximum Gasteiger partial charge on any atom is 0.0497 e. The van der Waals surface area contributed by atoms with Gasteiger partial charge in [0.1, 0.15) is 0 Å². The van der Waals surface area contributed by atoms with Gasteiger partial charge in [-0.1, -0.05) is 32.9 Å². The van der Waals surface area contributed by atoms with Crippen LogP contribution in [0, 0.1) is 5.92 Å². The highest BCUT2D eigenvalue weighted by Gasteiger charge is 2.39. The highest BCUT2D eigenvalue weighted by atomic mass is 15.1. The number of nitrogens with one attached hydrogen (secondary N) is 1. The molecule has 3 heteroatoms. The average Bonchev–Trinajstić information content (AvgIpc) is 2.92. The normalized spacial score (nSPS) is 28.1. The van der Waals surface area contributed by atoms with Gasteiger partial charge in [-0.05, 0) is 54.5 Å². The summed E-state index contributed by atoms with van der Waals surface area (Å²) in [6.45, 7) is 8.84. The first-order valence-corrected chi connectivity index (χ1v) is 8.93. The molecule has 23 heavy (non-hydrogen) atoms. The Kier molecular flexibility index (Phi) is 3.37. The molecule has 2 heterocycles. The van der Waals surface area contributed by atoms with E-state index in [1.54, 1.807) is 5.56 Å². The third-order valence-electron chi connectivity index (χ3n) is 6.08. The van der Waals surface area contributed by atoms with E-state index in [9.17, 15) is 0 Å². The molecule has 2 aliphatic rings. The van der Waals surface area contributed by atoms with Gasteiger partial charge >= 0.3 is 0 Å². The van der Waals surface area contributed by atoms with E-state index < -0.39 is 0 Å². The lowest BCUT2D eigenvalue weighted by Gasteiger charge is -2.45. The van der Waals surface area contributed by atoms with E-state index in [0.29, 0.717) is 17.9 Å². The topological polar surface area (TPSA) is 45.0 Å². The lowest BCUT2D eigenvalue weighted by molar-refractivity contribution is 0.115. The van der Waals surface area contributed by atoms with Gasteiger partial charge in [0, 0.05) is 35.6 Å². The smallest absolute Gasteiger partial charge is 0.0497 e. The van der Waals surface area contributed by atoms with Gasteiger partial charge in [-0.15, -0.1) is 0 Å². The molecule has 0 spiro atoms. The van der Waals surface area contributed by atoms with E-state index in [-0.39, 0.29) is 5.41 Å². The highest BCUT2D eigenvalue weighted by molar-refractivity contribution is 5.91. The summed E-state index contributed by atoms with van der Waals surface area (Å²) >= 11 is 0. The molecule has 3 nitrogen and oxygen atoms in total. The van der Waals surface area contributed by atoms with Crippen molar-refractivity contribution >= 4 is 10.9 Å². The van der Waals surface area contributed by atoms with Crippen LogP contribution in [0.3, 0.4) is 0 Å². The van der Waals surface area contributed by atoms with Crippen LogP contribution in [0.2, 0.25) is 0 Å². The van der Waals surface area contributed by atoms with Crippen molar-refractivity contribution in [3.8, 4) is 0 Å². The standard InChI is InChI=1S/C20H29N3/c1-20(2,3)16-6-5-14-15-7-12(9-21)11-23(4)17(15)8-13-10-22-19(16)18(13)14/h5-6,10,12,15,17,22H,7-9,11,21H2,1-4H3/t12-,15+,17+/m0/s1. The van der Waals surface area contributed by atoms with Crippen molar-refractivity contribution in [3.63, 3.8) is 0 Å². The summed E-state index contributed by atoms with van der Waals surface area (Å²) in [5.41, 5.74) is 12.0. The van der Waals surface area contributed by atoms with Crippen molar-refractivity contribution in [2.45, 2.75) is 51.0 Å². The van der Waals surface area contributed by atoms with Gasteiger partial charge < -0.3 is 15.6 Å². The molecular weight excluding hydrogens is 282 g/mol. The molecule has 3 N–H and O–H groups in total. The number of benzene rings is 1. The van der Waals surface area contributed by atoms with Crippen molar-refractivity contribution in [2.75, 3.05) is 20.1 Å². The minimum atomic E-state index is 0.167. The predicted octanol–water partition coefficient (Wildman–Crippen LogP) is 3.38. The minimum absolute atomic E-state index is 0.167. The highest BCUT2D eigenvalue weighted by Crippen LogP contribution is 2.46. The number of aromatic nitrogens is 1. The number of piperidine rings is 1. The summed E-state index contributed by atoms with van der Waals surface area (Å²) in [7, 11) is 2.28. The summed E-state index contributed by atoms with van der Waals surface area (Å²) in [5, 5.41) is 1.50. The summed E-state index contributed by atoms with van der Waals surface area (Å²) in [4.78, 5) is 6.15. The lowest BCUT2D eigenvalue weighted by atomic mass is 9.71. The van der Waals surface area contributed by atoms with Crippen molar-refractivity contribution in [3.05, 3.63) is 35.0 Å². The number of likely N-dealkylation sites (N-methyl/N-ethyl adjacent to an activating group) is 1. The molecule has 0 amide bonds. The first-order chi connectivity index (χ1) is 10.9. The van der Waals surface area contributed by atoms with Crippen LogP contribution in [0.15, 0.2) is 18.3 Å². The number of hydrogen-bond acceptors (Lipinski definition) is 2. The van der Waals surface area contributed by atoms with Crippen LogP contribution in [0.25, 0.3) is 10.9 Å². The number of likely N-dealkylation sites (tertiary alicyclic amines) is 1. The molecule has 0 bridgehead atoms. The Morgan fingerprint density at radius 2 is 2.09 bits per heavy atom. The molecule has 1 aromatic carbocycles. The molecule has 1 saturated heterocycles. The molecule has 1 aromatic heterocycles. The monoisotopic (exact) mass is 311 g/mol. The fourth-order valence-electron chi connectivity index (χ4n) is 4.91. The Labute approximate surface area is 139 Å². The predicted molar refractivity (Wildman–Crippen MR) is 97.0 cm³/mol. The van der Waals surface area contributed by atoms with Gasteiger partial charge in [-0.25, -0.2) is 0 Å². The van der Waals surface area contributed by atoms with Gasteiger partial charge in [-0.3, -0.25) is 0 Å². The molecule has 124 valence electrons. The maximum atomic E-state index is 6.01. The second kappa shape index (κ2) is 5.09. The third-order valence-corrected chi connectivity index (χ3v) is 6.08. The van der Waals surface area contributed by atoms with Crippen LogP contribution in [0.1, 0.15) is 49.8 Å². The van der Waals surface area contributed by atoms with E-state index in [2.05, 4.69) is 56.0 Å². The number of nitrogens with zero attached hydrogens (tertiary/aromatic N) is 1. The van der Waals surface area contributed by atoms with E-state index >= 15 is 0 Å². The van der Waals surface area contributed by atoms with E-state index in [1.807, 2.05) is 0 Å². The summed E-state index contributed by atoms with van der Waals surface area (Å²) < 4.78 is 0. The quantitative estimate of drug-likeness (QED) is 0.848. The van der Waals surface area contributed by atoms with Crippen molar-refractivity contribution in [1.29, 1.82) is 0 Å². The fraction of sp³-hybridized carbons (Fsp3) is 0.600. The number of rotatable bonds is 1. The van der Waals surface area contributed by atoms with E-state index in [0.717, 1.165) is 13.1 Å². The van der Waals surface area contributed by atoms with Crippen molar-refractivity contribution in [2.24, 2.45) is 11.7 Å². The lowest BCUT2D eigenvalue weighted by Crippen LogP contribution is -2.49. The maximum absolute atomic E-state index is 6.01. The van der Waals surface area contributed by atoms with Gasteiger partial charge in [0.15, 0.2) is 0 Å². The Balaban J connectivity index is 1.88. The number of nitrogens with two attached hydrogens (primary N) is 1. The largest absolute Gasteiger partial charge is 0.361 e. The van der Waals surface area contributed by atoms with Crippen LogP contribution in [0.5, 0.6) is 0 Å². The molecule has 4 rings (SSSR count). The summed E-state index contributed by atoms with van der Waals surface area (Å²) in [6, 6.07) is 5.39. The first kappa shape index (κ1) is 15.2. The minimum Gasteiger partial charge on any atom is -0.361 e. The number of fused-ring (bicyclic) bond motifs is 2. The van der Waals surface area contributed by atoms with Crippen LogP contribution >= 0.6 is 0 Å². The fourth-order valence-corrected chi connectivity index (χ4v) is 4.91. The van der Waals surface area contributed by atoms with Crippen LogP contribution in [-0.4, -0.2) is 36.1 Å². The van der Waals surface area contributed by atoms with Gasteiger partial charge in [0.2, 0.25) is 0 Å². The average molecular weight is 311 g/mol. The number of H-pyrrole nitrogens is 1. The van der Waals surface area contributed by atoms with Gasteiger partial charge in [0.05, 0.1) is 0 Å². The summed E-state index contributed by atoms with van der Waals surface area (Å²) in [5.74, 6) is 1.25. The zero-order valence-electron chi connectivity index (χ0n) is 14.8. The van der Waals surface area contributed by atoms with E-state index in [4.69, 9.17) is 5.73 Å². The van der Waals surface area contributed by atoms with Crippen LogP contribution < -0.4 is 5.73 Å². The zero-order chi connectivity index (χ0) is 16.4. The SMILES string of the molecule is CN1C[C@H](CN)C[C@@H]2c3ccc(C(C)(C)C)c4[nH]cc(c34)C[C@H]21. The molecule has 0 unspecified atom stereocenters. The Morgan fingerprint density at radius 3 is 2.78 bits per heavy atom. The first-order valence-electron chi connectivity index (χ1n) is 8.93. The Bertz CT molecular complexity index is 737. The van der Waals surface area contributed by atoms with Crippen molar-refractivity contribution < 1.29 is 0 Å². The van der Waals surface area contributed by atoms with E-state index in [1.165, 1.54) is 34.9 Å². The molecule has 0 saturated carbocycles. The molecule has 1 aliphatic carbocycles. The summed E-state index contributed by atoms with van der Waals surface area (Å²) in [6.07, 6.45) is 4.65. The molecule has 3 atom stereocenters. The Morgan fingerprint density at radius 1 is 1.30 bits per heavy atom.